The van der Waals surface area contributed by atoms with Gasteiger partial charge in [0.25, 0.3) is 11.6 Å². The summed E-state index contributed by atoms with van der Waals surface area (Å²) < 4.78 is 5.08. The molecule has 0 spiro atoms. The summed E-state index contributed by atoms with van der Waals surface area (Å²) in [5, 5.41) is 15.1. The van der Waals surface area contributed by atoms with Crippen molar-refractivity contribution in [1.29, 1.82) is 0 Å². The highest BCUT2D eigenvalue weighted by atomic mass is 35.5. The second-order valence-corrected chi connectivity index (χ2v) is 6.90. The average Bonchev–Trinajstić information content (AvgIpc) is 3.18. The maximum atomic E-state index is 12.4. The van der Waals surface area contributed by atoms with Crippen molar-refractivity contribution in [2.24, 2.45) is 0 Å². The third-order valence-corrected chi connectivity index (χ3v) is 4.93. The average molecular weight is 417 g/mol. The van der Waals surface area contributed by atoms with Crippen LogP contribution in [-0.2, 0) is 9.53 Å². The normalized spacial score (nSPS) is 10.3. The molecule has 0 saturated carbocycles. The van der Waals surface area contributed by atoms with Crippen LogP contribution in [0.3, 0.4) is 0 Å². The standard InChI is InChI=1S/C19H13ClN2O5S/c20-15-7-6-13(22(25)26)10-16(15)21-17(23)11-27-19(24)18-14(8-9-28-18)12-4-2-1-3-5-12/h1-10H,11H2,(H,21,23). The molecule has 9 heteroatoms. The summed E-state index contributed by atoms with van der Waals surface area (Å²) in [6.07, 6.45) is 0. The number of nitrogens with zero attached hydrogens (tertiary/aromatic N) is 1. The van der Waals surface area contributed by atoms with Crippen molar-refractivity contribution in [1.82, 2.24) is 0 Å². The first-order valence-electron chi connectivity index (χ1n) is 7.99. The SMILES string of the molecule is O=C(COC(=O)c1sccc1-c1ccccc1)Nc1cc([N+](=O)[O-])ccc1Cl. The number of carbonyl (C=O) groups is 2. The molecule has 1 N–H and O–H groups in total. The summed E-state index contributed by atoms with van der Waals surface area (Å²) in [7, 11) is 0. The predicted molar refractivity (Wildman–Crippen MR) is 107 cm³/mol. The number of carbonyl (C=O) groups excluding carboxylic acids is 2. The van der Waals surface area contributed by atoms with Crippen LogP contribution in [0.1, 0.15) is 9.67 Å². The van der Waals surface area contributed by atoms with Crippen LogP contribution in [0.2, 0.25) is 5.02 Å². The zero-order chi connectivity index (χ0) is 20.1. The van der Waals surface area contributed by atoms with Crippen LogP contribution >= 0.6 is 22.9 Å². The number of nitro benzene ring substituents is 1. The molecule has 0 aliphatic carbocycles. The van der Waals surface area contributed by atoms with Crippen LogP contribution in [0, 0.1) is 10.1 Å². The molecule has 2 aromatic carbocycles. The van der Waals surface area contributed by atoms with Gasteiger partial charge in [-0.15, -0.1) is 11.3 Å². The van der Waals surface area contributed by atoms with Gasteiger partial charge in [-0.1, -0.05) is 41.9 Å². The van der Waals surface area contributed by atoms with E-state index in [0.29, 0.717) is 4.88 Å². The van der Waals surface area contributed by atoms with Crippen molar-refractivity contribution >= 4 is 46.2 Å². The van der Waals surface area contributed by atoms with E-state index in [1.54, 1.807) is 11.4 Å². The van der Waals surface area contributed by atoms with Crippen LogP contribution in [0.15, 0.2) is 60.0 Å². The number of thiophene rings is 1. The highest BCUT2D eigenvalue weighted by Gasteiger charge is 2.18. The van der Waals surface area contributed by atoms with E-state index in [9.17, 15) is 19.7 Å². The minimum absolute atomic E-state index is 0.0676. The number of non-ortho nitro benzene ring substituents is 1. The molecule has 0 radical (unpaired) electrons. The first kappa shape index (κ1) is 19.5. The number of benzene rings is 2. The smallest absolute Gasteiger partial charge is 0.349 e. The summed E-state index contributed by atoms with van der Waals surface area (Å²) in [4.78, 5) is 35.0. The van der Waals surface area contributed by atoms with Crippen LogP contribution in [0.4, 0.5) is 11.4 Å². The molecule has 3 aromatic rings. The fraction of sp³-hybridized carbons (Fsp3) is 0.0526. The molecule has 1 heterocycles. The lowest BCUT2D eigenvalue weighted by Crippen LogP contribution is -2.21. The molecule has 0 saturated heterocycles. The molecule has 0 aliphatic rings. The fourth-order valence-corrected chi connectivity index (χ4v) is 3.39. The Hall–Kier alpha value is -3.23. The summed E-state index contributed by atoms with van der Waals surface area (Å²) >= 11 is 7.15. The van der Waals surface area contributed by atoms with Crippen molar-refractivity contribution in [3.8, 4) is 11.1 Å². The second kappa shape index (κ2) is 8.64. The lowest BCUT2D eigenvalue weighted by Gasteiger charge is -2.08. The number of nitro groups is 1. The van der Waals surface area contributed by atoms with Crippen LogP contribution in [0.5, 0.6) is 0 Å². The molecule has 28 heavy (non-hydrogen) atoms. The van der Waals surface area contributed by atoms with Gasteiger partial charge in [0.2, 0.25) is 0 Å². The number of nitrogens with one attached hydrogen (secondary N) is 1. The highest BCUT2D eigenvalue weighted by Crippen LogP contribution is 2.29. The number of halogens is 1. The Labute approximate surface area is 168 Å². The zero-order valence-electron chi connectivity index (χ0n) is 14.3. The molecule has 0 atom stereocenters. The van der Waals surface area contributed by atoms with Crippen molar-refractivity contribution < 1.29 is 19.2 Å². The Balaban J connectivity index is 1.65. The molecule has 1 aromatic heterocycles. The van der Waals surface area contributed by atoms with E-state index < -0.39 is 23.4 Å². The van der Waals surface area contributed by atoms with E-state index in [2.05, 4.69) is 5.32 Å². The zero-order valence-corrected chi connectivity index (χ0v) is 15.8. The van der Waals surface area contributed by atoms with Gasteiger partial charge in [-0.25, -0.2) is 4.79 Å². The van der Waals surface area contributed by atoms with Gasteiger partial charge in [0, 0.05) is 17.7 Å². The Morgan fingerprint density at radius 2 is 1.89 bits per heavy atom. The molecule has 7 nitrogen and oxygen atoms in total. The third-order valence-electron chi connectivity index (χ3n) is 3.70. The predicted octanol–water partition coefficient (Wildman–Crippen LogP) is 4.77. The van der Waals surface area contributed by atoms with E-state index in [1.165, 1.54) is 23.5 Å². The minimum Gasteiger partial charge on any atom is -0.451 e. The maximum Gasteiger partial charge on any atom is 0.349 e. The Morgan fingerprint density at radius 3 is 2.61 bits per heavy atom. The van der Waals surface area contributed by atoms with E-state index >= 15 is 0 Å². The Bertz CT molecular complexity index is 1040. The van der Waals surface area contributed by atoms with E-state index in [-0.39, 0.29) is 16.4 Å². The Kier molecular flexibility index (Phi) is 6.03. The second-order valence-electron chi connectivity index (χ2n) is 5.57. The van der Waals surface area contributed by atoms with Gasteiger partial charge < -0.3 is 10.1 Å². The maximum absolute atomic E-state index is 12.4. The number of ether oxygens (including phenoxy) is 1. The lowest BCUT2D eigenvalue weighted by molar-refractivity contribution is -0.384. The van der Waals surface area contributed by atoms with Crippen molar-refractivity contribution in [3.05, 3.63) is 80.0 Å². The van der Waals surface area contributed by atoms with Crippen molar-refractivity contribution in [3.63, 3.8) is 0 Å². The largest absolute Gasteiger partial charge is 0.451 e. The topological polar surface area (TPSA) is 98.5 Å². The van der Waals surface area contributed by atoms with Crippen molar-refractivity contribution in [2.75, 3.05) is 11.9 Å². The quantitative estimate of drug-likeness (QED) is 0.354. The molecule has 0 unspecified atom stereocenters. The summed E-state index contributed by atoms with van der Waals surface area (Å²) in [5.74, 6) is -1.29. The lowest BCUT2D eigenvalue weighted by atomic mass is 10.1. The molecule has 1 amide bonds. The molecule has 0 fully saturated rings. The minimum atomic E-state index is -0.659. The number of hydrogen-bond donors (Lipinski definition) is 1. The molecule has 0 aliphatic heterocycles. The van der Waals surface area contributed by atoms with Gasteiger partial charge in [-0.2, -0.15) is 0 Å². The number of rotatable bonds is 6. The van der Waals surface area contributed by atoms with Gasteiger partial charge in [0.05, 0.1) is 15.6 Å². The van der Waals surface area contributed by atoms with Gasteiger partial charge in [-0.3, -0.25) is 14.9 Å². The molecular weight excluding hydrogens is 404 g/mol. The van der Waals surface area contributed by atoms with Gasteiger partial charge in [0.15, 0.2) is 6.61 Å². The molecule has 3 rings (SSSR count). The fourth-order valence-electron chi connectivity index (χ4n) is 2.42. The van der Waals surface area contributed by atoms with Gasteiger partial charge in [0.1, 0.15) is 4.88 Å². The van der Waals surface area contributed by atoms with Crippen LogP contribution < -0.4 is 5.32 Å². The summed E-state index contributed by atoms with van der Waals surface area (Å²) in [6, 6.07) is 14.8. The first-order valence-corrected chi connectivity index (χ1v) is 9.25. The van der Waals surface area contributed by atoms with Gasteiger partial charge >= 0.3 is 5.97 Å². The number of esters is 1. The number of anilines is 1. The summed E-state index contributed by atoms with van der Waals surface area (Å²) in [5.41, 5.74) is 1.43. The van der Waals surface area contributed by atoms with Crippen LogP contribution in [-0.4, -0.2) is 23.4 Å². The third kappa shape index (κ3) is 4.54. The van der Waals surface area contributed by atoms with Crippen LogP contribution in [0.25, 0.3) is 11.1 Å². The molecule has 0 bridgehead atoms. The first-order chi connectivity index (χ1) is 13.5. The molecular formula is C19H13ClN2O5S. The number of amides is 1. The van der Waals surface area contributed by atoms with E-state index in [4.69, 9.17) is 16.3 Å². The summed E-state index contributed by atoms with van der Waals surface area (Å²) in [6.45, 7) is -0.552. The van der Waals surface area contributed by atoms with Gasteiger partial charge in [-0.05, 0) is 23.1 Å². The Morgan fingerprint density at radius 1 is 1.14 bits per heavy atom. The monoisotopic (exact) mass is 416 g/mol. The van der Waals surface area contributed by atoms with E-state index in [1.807, 2.05) is 30.3 Å². The van der Waals surface area contributed by atoms with Crippen molar-refractivity contribution in [2.45, 2.75) is 0 Å². The molecule has 142 valence electrons. The highest BCUT2D eigenvalue weighted by molar-refractivity contribution is 7.12. The number of hydrogen-bond acceptors (Lipinski definition) is 6. The van der Waals surface area contributed by atoms with E-state index in [0.717, 1.165) is 17.2 Å².